The Hall–Kier alpha value is -1.98. The van der Waals surface area contributed by atoms with Gasteiger partial charge in [0, 0.05) is 50.7 Å². The van der Waals surface area contributed by atoms with Crippen molar-refractivity contribution in [2.75, 3.05) is 59.0 Å². The maximum atomic E-state index is 13.1. The number of urea groups is 1. The van der Waals surface area contributed by atoms with E-state index in [1.54, 1.807) is 22.3 Å². The average Bonchev–Trinajstić information content (AvgIpc) is 3.34. The highest BCUT2D eigenvalue weighted by atomic mass is 32.2. The van der Waals surface area contributed by atoms with Gasteiger partial charge < -0.3 is 15.0 Å². The number of rotatable bonds is 6. The normalized spacial score (nSPS) is 19.4. The summed E-state index contributed by atoms with van der Waals surface area (Å²) in [5, 5.41) is 5.14. The largest absolute Gasteiger partial charge is 0.379 e. The van der Waals surface area contributed by atoms with Crippen LogP contribution < -0.4 is 5.32 Å². The highest BCUT2D eigenvalue weighted by Gasteiger charge is 2.31. The number of amides is 2. The molecule has 0 aliphatic carbocycles. The van der Waals surface area contributed by atoms with Gasteiger partial charge in [-0.1, -0.05) is 23.8 Å². The van der Waals surface area contributed by atoms with Crippen molar-refractivity contribution in [1.29, 1.82) is 0 Å². The fraction of sp³-hybridized carbons (Fsp3) is 0.522. The number of carbonyl (C=O) groups excluding carboxylic acids is 1. The maximum Gasteiger partial charge on any atom is 0.317 e. The number of morpholine rings is 1. The molecular weight excluding hydrogens is 460 g/mol. The summed E-state index contributed by atoms with van der Waals surface area (Å²) in [6.45, 7) is 8.70. The Morgan fingerprint density at radius 1 is 1.09 bits per heavy atom. The van der Waals surface area contributed by atoms with Crippen molar-refractivity contribution < 1.29 is 17.9 Å². The number of nitrogens with zero attached hydrogens (tertiary/aromatic N) is 3. The second-order valence-electron chi connectivity index (χ2n) is 8.53. The zero-order valence-corrected chi connectivity index (χ0v) is 20.8. The first-order valence-electron chi connectivity index (χ1n) is 11.3. The molecule has 3 heterocycles. The number of thiophene rings is 1. The molecule has 2 aliphatic heterocycles. The van der Waals surface area contributed by atoms with Crippen LogP contribution in [0.1, 0.15) is 22.0 Å². The van der Waals surface area contributed by atoms with Crippen LogP contribution in [0.25, 0.3) is 0 Å². The van der Waals surface area contributed by atoms with Crippen LogP contribution >= 0.6 is 11.3 Å². The van der Waals surface area contributed by atoms with Gasteiger partial charge in [0.1, 0.15) is 0 Å². The van der Waals surface area contributed by atoms with Gasteiger partial charge in [0.25, 0.3) is 0 Å². The summed E-state index contributed by atoms with van der Waals surface area (Å²) in [4.78, 5) is 18.5. The van der Waals surface area contributed by atoms with E-state index in [-0.39, 0.29) is 12.1 Å². The number of piperazine rings is 1. The van der Waals surface area contributed by atoms with Crippen LogP contribution in [0.5, 0.6) is 0 Å². The van der Waals surface area contributed by atoms with Crippen molar-refractivity contribution in [2.24, 2.45) is 0 Å². The molecule has 10 heteroatoms. The molecule has 33 heavy (non-hydrogen) atoms. The van der Waals surface area contributed by atoms with Crippen molar-refractivity contribution in [2.45, 2.75) is 24.8 Å². The fourth-order valence-corrected chi connectivity index (χ4v) is 6.92. The Labute approximate surface area is 200 Å². The van der Waals surface area contributed by atoms with Crippen molar-refractivity contribution in [1.82, 2.24) is 19.4 Å². The Bertz CT molecular complexity index is 1040. The molecule has 0 spiro atoms. The molecule has 1 aromatic heterocycles. The number of ether oxygens (including phenoxy) is 1. The highest BCUT2D eigenvalue weighted by Crippen LogP contribution is 2.26. The molecule has 1 aromatic carbocycles. The molecule has 2 aromatic rings. The van der Waals surface area contributed by atoms with Crippen molar-refractivity contribution >= 4 is 27.4 Å². The summed E-state index contributed by atoms with van der Waals surface area (Å²) in [6, 6.07) is 9.49. The monoisotopic (exact) mass is 492 g/mol. The molecule has 2 fully saturated rings. The first kappa shape index (κ1) is 24.2. The molecule has 1 unspecified atom stereocenters. The quantitative estimate of drug-likeness (QED) is 0.670. The molecule has 2 amide bonds. The number of hydrogen-bond acceptors (Lipinski definition) is 6. The molecule has 1 atom stereocenters. The van der Waals surface area contributed by atoms with Crippen LogP contribution in [-0.4, -0.2) is 87.6 Å². The van der Waals surface area contributed by atoms with E-state index in [4.69, 9.17) is 4.74 Å². The van der Waals surface area contributed by atoms with Crippen LogP contribution in [0.3, 0.4) is 0 Å². The number of sulfonamides is 1. The van der Waals surface area contributed by atoms with Gasteiger partial charge in [0.05, 0.1) is 24.2 Å². The highest BCUT2D eigenvalue weighted by molar-refractivity contribution is 7.89. The van der Waals surface area contributed by atoms with Crippen LogP contribution in [0.2, 0.25) is 0 Å². The molecule has 2 aliphatic rings. The van der Waals surface area contributed by atoms with Gasteiger partial charge in [-0.15, -0.1) is 11.3 Å². The van der Waals surface area contributed by atoms with Gasteiger partial charge in [0.2, 0.25) is 10.0 Å². The smallest absolute Gasteiger partial charge is 0.317 e. The van der Waals surface area contributed by atoms with Crippen molar-refractivity contribution in [3.05, 3.63) is 51.7 Å². The van der Waals surface area contributed by atoms with E-state index in [1.807, 2.05) is 32.0 Å². The Balaban J connectivity index is 1.34. The lowest BCUT2D eigenvalue weighted by atomic mass is 10.2. The third-order valence-corrected chi connectivity index (χ3v) is 9.31. The summed E-state index contributed by atoms with van der Waals surface area (Å²) in [5.41, 5.74) is 1.78. The first-order chi connectivity index (χ1) is 15.9. The zero-order valence-electron chi connectivity index (χ0n) is 19.2. The number of carbonyl (C=O) groups is 1. The molecule has 4 rings (SSSR count). The second kappa shape index (κ2) is 10.5. The lowest BCUT2D eigenvalue weighted by Gasteiger charge is -2.36. The molecule has 8 nitrogen and oxygen atoms in total. The van der Waals surface area contributed by atoms with Gasteiger partial charge >= 0.3 is 6.03 Å². The summed E-state index contributed by atoms with van der Waals surface area (Å²) >= 11 is 1.69. The predicted octanol–water partition coefficient (Wildman–Crippen LogP) is 2.45. The molecular formula is C23H32N4O4S2. The summed E-state index contributed by atoms with van der Waals surface area (Å²) < 4.78 is 33.2. The zero-order chi connectivity index (χ0) is 23.4. The lowest BCUT2D eigenvalue weighted by molar-refractivity contribution is 0.0171. The van der Waals surface area contributed by atoms with Crippen LogP contribution in [0, 0.1) is 13.8 Å². The van der Waals surface area contributed by atoms with Crippen molar-refractivity contribution in [3.63, 3.8) is 0 Å². The average molecular weight is 493 g/mol. The summed E-state index contributed by atoms with van der Waals surface area (Å²) in [7, 11) is -3.57. The van der Waals surface area contributed by atoms with E-state index in [9.17, 15) is 13.2 Å². The molecule has 0 saturated carbocycles. The minimum atomic E-state index is -3.57. The van der Waals surface area contributed by atoms with Crippen LogP contribution in [0.4, 0.5) is 4.79 Å². The molecule has 1 N–H and O–H groups in total. The van der Waals surface area contributed by atoms with Crippen LogP contribution in [0.15, 0.2) is 40.6 Å². The first-order valence-corrected chi connectivity index (χ1v) is 13.6. The van der Waals surface area contributed by atoms with Gasteiger partial charge in [0.15, 0.2) is 0 Å². The number of aryl methyl sites for hydroxylation is 2. The minimum absolute atomic E-state index is 0.115. The van der Waals surface area contributed by atoms with Gasteiger partial charge in [-0.05, 0) is 36.9 Å². The van der Waals surface area contributed by atoms with E-state index >= 15 is 0 Å². The molecule has 0 bridgehead atoms. The van der Waals surface area contributed by atoms with E-state index in [1.165, 1.54) is 9.18 Å². The number of hydrogen-bond donors (Lipinski definition) is 1. The summed E-state index contributed by atoms with van der Waals surface area (Å²) in [6.07, 6.45) is 0. The Kier molecular flexibility index (Phi) is 7.70. The van der Waals surface area contributed by atoms with Gasteiger partial charge in [-0.3, -0.25) is 4.90 Å². The number of nitrogens with one attached hydrogen (secondary N) is 1. The fourth-order valence-electron chi connectivity index (χ4n) is 4.43. The molecule has 0 radical (unpaired) electrons. The van der Waals surface area contributed by atoms with E-state index in [2.05, 4.69) is 21.7 Å². The molecule has 180 valence electrons. The number of benzene rings is 1. The lowest BCUT2D eigenvalue weighted by Crippen LogP contribution is -2.54. The van der Waals surface area contributed by atoms with Gasteiger partial charge in [-0.25, -0.2) is 13.2 Å². The second-order valence-corrected chi connectivity index (χ2v) is 11.4. The molecule has 2 saturated heterocycles. The van der Waals surface area contributed by atoms with E-state index < -0.39 is 10.0 Å². The summed E-state index contributed by atoms with van der Waals surface area (Å²) in [5.74, 6) is 0. The SMILES string of the molecule is Cc1ccc(S(=O)(=O)N2CCN(C(=O)NCC(c3cccs3)N3CCOCC3)CC2)c(C)c1. The van der Waals surface area contributed by atoms with Gasteiger partial charge in [-0.2, -0.15) is 4.31 Å². The predicted molar refractivity (Wildman–Crippen MR) is 129 cm³/mol. The van der Waals surface area contributed by atoms with E-state index in [0.717, 1.165) is 24.2 Å². The van der Waals surface area contributed by atoms with Crippen LogP contribution in [-0.2, 0) is 14.8 Å². The third kappa shape index (κ3) is 5.58. The maximum absolute atomic E-state index is 13.1. The topological polar surface area (TPSA) is 82.2 Å². The minimum Gasteiger partial charge on any atom is -0.379 e. The Morgan fingerprint density at radius 2 is 1.82 bits per heavy atom. The third-order valence-electron chi connectivity index (χ3n) is 6.28. The van der Waals surface area contributed by atoms with E-state index in [0.29, 0.717) is 50.8 Å². The standard InChI is InChI=1S/C23H32N4O4S2/c1-18-5-6-22(19(2)16-18)33(29,30)27-9-7-26(8-10-27)23(28)24-17-20(21-4-3-15-32-21)25-11-13-31-14-12-25/h3-6,15-16,20H,7-14,17H2,1-2H3,(H,24,28). The Morgan fingerprint density at radius 3 is 2.45 bits per heavy atom. The van der Waals surface area contributed by atoms with Crippen molar-refractivity contribution in [3.8, 4) is 0 Å².